The monoisotopic (exact) mass is 439 g/mol. The van der Waals surface area contributed by atoms with Crippen molar-refractivity contribution >= 4 is 27.3 Å². The zero-order valence-electron chi connectivity index (χ0n) is 17.3. The molecule has 2 amide bonds. The molecular weight excluding hydrogens is 409 g/mol. The molecule has 1 aromatic carbocycles. The molecule has 0 aromatic heterocycles. The number of rotatable bonds is 7. The third kappa shape index (κ3) is 6.25. The Bertz CT molecular complexity index is 871. The largest absolute Gasteiger partial charge is 0.335 e. The minimum atomic E-state index is -3.10. The topological polar surface area (TPSA) is 86.8 Å². The first kappa shape index (κ1) is 22.7. The van der Waals surface area contributed by atoms with E-state index in [1.54, 1.807) is 22.9 Å². The van der Waals surface area contributed by atoms with Crippen LogP contribution in [0.3, 0.4) is 0 Å². The van der Waals surface area contributed by atoms with E-state index in [0.717, 1.165) is 32.1 Å². The van der Waals surface area contributed by atoms with Gasteiger partial charge in [0.15, 0.2) is 9.84 Å². The highest BCUT2D eigenvalue weighted by molar-refractivity contribution is 7.91. The van der Waals surface area contributed by atoms with E-state index in [0.29, 0.717) is 12.1 Å². The van der Waals surface area contributed by atoms with Gasteiger partial charge >= 0.3 is 0 Å². The quantitative estimate of drug-likeness (QED) is 0.703. The van der Waals surface area contributed by atoms with Gasteiger partial charge < -0.3 is 10.2 Å². The van der Waals surface area contributed by atoms with Crippen LogP contribution in [-0.4, -0.2) is 73.8 Å². The Labute approximate surface area is 177 Å². The van der Waals surface area contributed by atoms with Crippen molar-refractivity contribution in [2.75, 3.05) is 37.0 Å². The lowest BCUT2D eigenvalue weighted by molar-refractivity contribution is -0.137. The molecule has 0 spiro atoms. The summed E-state index contributed by atoms with van der Waals surface area (Å²) in [6, 6.07) is 5.42. The van der Waals surface area contributed by atoms with E-state index in [9.17, 15) is 22.4 Å². The molecule has 1 aliphatic carbocycles. The Morgan fingerprint density at radius 2 is 1.83 bits per heavy atom. The fraction of sp³-hybridized carbons (Fsp3) is 0.619. The number of carbonyl (C=O) groups is 2. The number of hydrogen-bond donors (Lipinski definition) is 1. The van der Waals surface area contributed by atoms with E-state index in [4.69, 9.17) is 0 Å². The molecule has 166 valence electrons. The van der Waals surface area contributed by atoms with Crippen LogP contribution in [0.25, 0.3) is 0 Å². The van der Waals surface area contributed by atoms with Crippen LogP contribution in [0.4, 0.5) is 10.1 Å². The van der Waals surface area contributed by atoms with Crippen molar-refractivity contribution in [1.29, 1.82) is 0 Å². The summed E-state index contributed by atoms with van der Waals surface area (Å²) in [6.07, 6.45) is 5.49. The van der Waals surface area contributed by atoms with Crippen LogP contribution < -0.4 is 5.32 Å². The molecule has 2 aliphatic rings. The van der Waals surface area contributed by atoms with Crippen LogP contribution in [0, 0.1) is 5.82 Å². The van der Waals surface area contributed by atoms with Gasteiger partial charge in [-0.1, -0.05) is 25.3 Å². The Balaban J connectivity index is 1.60. The van der Waals surface area contributed by atoms with Crippen molar-refractivity contribution in [2.24, 2.45) is 0 Å². The number of halogens is 1. The predicted molar refractivity (Wildman–Crippen MR) is 113 cm³/mol. The highest BCUT2D eigenvalue weighted by Gasteiger charge is 2.38. The maximum atomic E-state index is 13.3. The smallest absolute Gasteiger partial charge is 0.238 e. The number of benzene rings is 1. The third-order valence-corrected chi connectivity index (χ3v) is 7.54. The van der Waals surface area contributed by atoms with Gasteiger partial charge in [-0.25, -0.2) is 12.8 Å². The van der Waals surface area contributed by atoms with Crippen LogP contribution >= 0.6 is 0 Å². The van der Waals surface area contributed by atoms with Crippen molar-refractivity contribution in [1.82, 2.24) is 9.80 Å². The van der Waals surface area contributed by atoms with E-state index in [-0.39, 0.29) is 48.5 Å². The number of anilines is 1. The average Bonchev–Trinajstić information content (AvgIpc) is 3.01. The SMILES string of the molecule is CN(CC(=O)Nc1cccc(F)c1)CC(=O)N(C1CCCCC1)[C@@H]1CCS(=O)(=O)C1. The van der Waals surface area contributed by atoms with Crippen LogP contribution in [0.2, 0.25) is 0 Å². The molecular formula is C21H30FN3O4S. The molecule has 1 heterocycles. The molecule has 3 rings (SSSR count). The summed E-state index contributed by atoms with van der Waals surface area (Å²) in [7, 11) is -1.43. The van der Waals surface area contributed by atoms with Gasteiger partial charge in [-0.3, -0.25) is 14.5 Å². The van der Waals surface area contributed by atoms with Crippen LogP contribution in [0.5, 0.6) is 0 Å². The number of hydrogen-bond acceptors (Lipinski definition) is 5. The molecule has 1 aromatic rings. The summed E-state index contributed by atoms with van der Waals surface area (Å²) in [5.74, 6) is -0.765. The minimum absolute atomic E-state index is 0.0241. The van der Waals surface area contributed by atoms with Gasteiger partial charge in [0.25, 0.3) is 0 Å². The van der Waals surface area contributed by atoms with E-state index in [2.05, 4.69) is 5.32 Å². The lowest BCUT2D eigenvalue weighted by atomic mass is 9.93. The zero-order chi connectivity index (χ0) is 21.7. The number of sulfone groups is 1. The summed E-state index contributed by atoms with van der Waals surface area (Å²) in [5.41, 5.74) is 0.361. The lowest BCUT2D eigenvalue weighted by Gasteiger charge is -2.39. The first-order chi connectivity index (χ1) is 14.2. The predicted octanol–water partition coefficient (Wildman–Crippen LogP) is 2.04. The van der Waals surface area contributed by atoms with Crippen LogP contribution in [-0.2, 0) is 19.4 Å². The zero-order valence-corrected chi connectivity index (χ0v) is 18.2. The Morgan fingerprint density at radius 1 is 1.10 bits per heavy atom. The summed E-state index contributed by atoms with van der Waals surface area (Å²) < 4.78 is 37.2. The molecule has 1 saturated carbocycles. The molecule has 0 unspecified atom stereocenters. The second kappa shape index (κ2) is 9.87. The molecule has 9 heteroatoms. The molecule has 0 bridgehead atoms. The number of likely N-dealkylation sites (N-methyl/N-ethyl adjacent to an activating group) is 1. The van der Waals surface area contributed by atoms with E-state index in [1.807, 2.05) is 0 Å². The van der Waals surface area contributed by atoms with Crippen LogP contribution in [0.15, 0.2) is 24.3 Å². The fourth-order valence-corrected chi connectivity index (χ4v) is 6.15. The second-order valence-electron chi connectivity index (χ2n) is 8.38. The first-order valence-corrected chi connectivity index (χ1v) is 12.3. The molecule has 2 fully saturated rings. The van der Waals surface area contributed by atoms with Gasteiger partial charge in [-0.15, -0.1) is 0 Å². The van der Waals surface area contributed by atoms with Crippen molar-refractivity contribution in [3.63, 3.8) is 0 Å². The van der Waals surface area contributed by atoms with Crippen molar-refractivity contribution < 1.29 is 22.4 Å². The average molecular weight is 440 g/mol. The summed E-state index contributed by atoms with van der Waals surface area (Å²) >= 11 is 0. The third-order valence-electron chi connectivity index (χ3n) is 5.78. The fourth-order valence-electron chi connectivity index (χ4n) is 4.44. The Hall–Kier alpha value is -2.00. The first-order valence-electron chi connectivity index (χ1n) is 10.5. The maximum absolute atomic E-state index is 13.3. The Morgan fingerprint density at radius 3 is 2.47 bits per heavy atom. The lowest BCUT2D eigenvalue weighted by Crippen LogP contribution is -2.52. The van der Waals surface area contributed by atoms with Gasteiger partial charge in [0.05, 0.1) is 24.6 Å². The normalized spacial score (nSPS) is 21.5. The standard InChI is InChI=1S/C21H30FN3O4S/c1-24(13-20(26)23-17-7-5-6-16(22)12-17)14-21(27)25(18-8-3-2-4-9-18)19-10-11-30(28,29)15-19/h5-7,12,18-19H,2-4,8-11,13-15H2,1H3,(H,23,26)/t19-/m1/s1. The van der Waals surface area contributed by atoms with Gasteiger partial charge in [-0.05, 0) is 44.5 Å². The van der Waals surface area contributed by atoms with Gasteiger partial charge in [-0.2, -0.15) is 0 Å². The van der Waals surface area contributed by atoms with Crippen molar-refractivity contribution in [3.8, 4) is 0 Å². The highest BCUT2D eigenvalue weighted by atomic mass is 32.2. The van der Waals surface area contributed by atoms with Crippen LogP contribution in [0.1, 0.15) is 38.5 Å². The molecule has 1 aliphatic heterocycles. The van der Waals surface area contributed by atoms with E-state index in [1.165, 1.54) is 18.2 Å². The molecule has 30 heavy (non-hydrogen) atoms. The molecule has 0 radical (unpaired) electrons. The molecule has 1 N–H and O–H groups in total. The van der Waals surface area contributed by atoms with E-state index < -0.39 is 15.7 Å². The van der Waals surface area contributed by atoms with Crippen molar-refractivity contribution in [3.05, 3.63) is 30.1 Å². The number of nitrogens with one attached hydrogen (secondary N) is 1. The summed E-state index contributed by atoms with van der Waals surface area (Å²) in [6.45, 7) is 0.00729. The second-order valence-corrected chi connectivity index (χ2v) is 10.6. The number of carbonyl (C=O) groups excluding carboxylic acids is 2. The van der Waals surface area contributed by atoms with E-state index >= 15 is 0 Å². The highest BCUT2D eigenvalue weighted by Crippen LogP contribution is 2.28. The molecule has 1 saturated heterocycles. The van der Waals surface area contributed by atoms with Gasteiger partial charge in [0.1, 0.15) is 5.82 Å². The summed E-state index contributed by atoms with van der Waals surface area (Å²) in [4.78, 5) is 28.8. The number of amides is 2. The van der Waals surface area contributed by atoms with Gasteiger partial charge in [0.2, 0.25) is 11.8 Å². The maximum Gasteiger partial charge on any atom is 0.238 e. The Kier molecular flexibility index (Phi) is 7.46. The minimum Gasteiger partial charge on any atom is -0.335 e. The van der Waals surface area contributed by atoms with Crippen molar-refractivity contribution in [2.45, 2.75) is 50.6 Å². The van der Waals surface area contributed by atoms with Gasteiger partial charge in [0, 0.05) is 17.8 Å². The molecule has 7 nitrogen and oxygen atoms in total. The number of nitrogens with zero attached hydrogens (tertiary/aromatic N) is 2. The molecule has 1 atom stereocenters. The summed E-state index contributed by atoms with van der Waals surface area (Å²) in [5, 5.41) is 2.62.